The number of aromatic nitrogens is 1. The molecule has 3 nitrogen and oxygen atoms in total. The zero-order chi connectivity index (χ0) is 11.3. The van der Waals surface area contributed by atoms with Gasteiger partial charge in [0.15, 0.2) is 0 Å². The van der Waals surface area contributed by atoms with Gasteiger partial charge in [-0.3, -0.25) is 10.8 Å². The Kier molecular flexibility index (Phi) is 4.46. The van der Waals surface area contributed by atoms with Crippen LogP contribution in [0.15, 0.2) is 30.5 Å². The molecule has 1 rings (SSSR count). The third-order valence-electron chi connectivity index (χ3n) is 2.19. The number of nitrogens with zero attached hydrogens (tertiary/aromatic N) is 2. The lowest BCUT2D eigenvalue weighted by Crippen LogP contribution is -2.32. The lowest BCUT2D eigenvalue weighted by Gasteiger charge is -2.17. The Morgan fingerprint density at radius 1 is 1.60 bits per heavy atom. The van der Waals surface area contributed by atoms with Crippen LogP contribution in [0.2, 0.25) is 0 Å². The Morgan fingerprint density at radius 3 is 2.93 bits per heavy atom. The smallest absolute Gasteiger partial charge is 0.0590 e. The highest BCUT2D eigenvalue weighted by atomic mass is 15.4. The maximum Gasteiger partial charge on any atom is 0.0590 e. The van der Waals surface area contributed by atoms with E-state index in [9.17, 15) is 0 Å². The molecule has 3 heteroatoms. The van der Waals surface area contributed by atoms with Crippen LogP contribution in [0.3, 0.4) is 0 Å². The predicted molar refractivity (Wildman–Crippen MR) is 63.0 cm³/mol. The summed E-state index contributed by atoms with van der Waals surface area (Å²) in [5.41, 5.74) is 3.38. The lowest BCUT2D eigenvalue weighted by atomic mass is 10.1. The van der Waals surface area contributed by atoms with Gasteiger partial charge < -0.3 is 0 Å². The summed E-state index contributed by atoms with van der Waals surface area (Å²) in [4.78, 5) is 4.35. The normalized spacial score (nSPS) is 10.7. The van der Waals surface area contributed by atoms with E-state index in [-0.39, 0.29) is 0 Å². The fraction of sp³-hybridized carbons (Fsp3) is 0.417. The van der Waals surface area contributed by atoms with Crippen molar-refractivity contribution in [1.82, 2.24) is 9.99 Å². The first-order valence-electron chi connectivity index (χ1n) is 5.20. The number of hydrogen-bond donors (Lipinski definition) is 1. The number of hydrogen-bond acceptors (Lipinski definition) is 3. The first-order chi connectivity index (χ1) is 7.13. The van der Waals surface area contributed by atoms with Gasteiger partial charge in [-0.1, -0.05) is 25.1 Å². The van der Waals surface area contributed by atoms with Crippen LogP contribution in [-0.2, 0) is 13.0 Å². The van der Waals surface area contributed by atoms with Crippen molar-refractivity contribution in [3.05, 3.63) is 41.7 Å². The van der Waals surface area contributed by atoms with Crippen LogP contribution in [-0.4, -0.2) is 16.5 Å². The van der Waals surface area contributed by atoms with E-state index in [1.165, 1.54) is 5.56 Å². The molecule has 1 aromatic rings. The summed E-state index contributed by atoms with van der Waals surface area (Å²) >= 11 is 0. The summed E-state index contributed by atoms with van der Waals surface area (Å²) in [6.07, 6.45) is 2.80. The van der Waals surface area contributed by atoms with Crippen molar-refractivity contribution in [3.8, 4) is 0 Å². The Balaban J connectivity index is 2.67. The molecule has 0 radical (unpaired) electrons. The molecule has 0 fully saturated rings. The zero-order valence-corrected chi connectivity index (χ0v) is 9.53. The number of pyridine rings is 1. The second-order valence-electron chi connectivity index (χ2n) is 3.82. The summed E-state index contributed by atoms with van der Waals surface area (Å²) < 4.78 is 0. The number of hydrazine groups is 1. The van der Waals surface area contributed by atoms with Crippen molar-refractivity contribution < 1.29 is 0 Å². The van der Waals surface area contributed by atoms with Gasteiger partial charge in [0.25, 0.3) is 0 Å². The molecule has 1 heterocycles. The highest BCUT2D eigenvalue weighted by Crippen LogP contribution is 2.08. The zero-order valence-electron chi connectivity index (χ0n) is 9.53. The van der Waals surface area contributed by atoms with Gasteiger partial charge in [0.05, 0.1) is 12.2 Å². The molecule has 1 aromatic heterocycles. The Morgan fingerprint density at radius 2 is 2.33 bits per heavy atom. The van der Waals surface area contributed by atoms with Crippen molar-refractivity contribution in [2.45, 2.75) is 26.8 Å². The van der Waals surface area contributed by atoms with Crippen LogP contribution in [0.5, 0.6) is 0 Å². The van der Waals surface area contributed by atoms with Crippen molar-refractivity contribution >= 4 is 0 Å². The van der Waals surface area contributed by atoms with Gasteiger partial charge >= 0.3 is 0 Å². The first-order valence-corrected chi connectivity index (χ1v) is 5.20. The average molecular weight is 205 g/mol. The SMILES string of the molecule is C=C(C)CN(N)Cc1ncccc1CC. The van der Waals surface area contributed by atoms with Crippen LogP contribution in [0.1, 0.15) is 25.1 Å². The van der Waals surface area contributed by atoms with Gasteiger partial charge in [0, 0.05) is 12.7 Å². The lowest BCUT2D eigenvalue weighted by molar-refractivity contribution is 0.295. The first kappa shape index (κ1) is 11.9. The molecule has 0 aliphatic heterocycles. The van der Waals surface area contributed by atoms with E-state index in [4.69, 9.17) is 5.84 Å². The van der Waals surface area contributed by atoms with E-state index >= 15 is 0 Å². The highest BCUT2D eigenvalue weighted by Gasteiger charge is 2.05. The number of nitrogens with two attached hydrogens (primary N) is 1. The maximum absolute atomic E-state index is 5.86. The van der Waals surface area contributed by atoms with Crippen LogP contribution < -0.4 is 5.84 Å². The minimum Gasteiger partial charge on any atom is -0.268 e. The molecule has 0 aliphatic rings. The van der Waals surface area contributed by atoms with Crippen molar-refractivity contribution in [2.24, 2.45) is 5.84 Å². The molecular weight excluding hydrogens is 186 g/mol. The second-order valence-corrected chi connectivity index (χ2v) is 3.82. The topological polar surface area (TPSA) is 42.1 Å². The van der Waals surface area contributed by atoms with Gasteiger partial charge in [0.1, 0.15) is 0 Å². The quantitative estimate of drug-likeness (QED) is 0.453. The molecular formula is C12H19N3. The largest absolute Gasteiger partial charge is 0.268 e. The van der Waals surface area contributed by atoms with E-state index in [2.05, 4.69) is 24.6 Å². The molecule has 2 N–H and O–H groups in total. The standard InChI is InChI=1S/C12H19N3/c1-4-11-6-5-7-14-12(11)9-15(13)8-10(2)3/h5-7H,2,4,8-9,13H2,1,3H3. The van der Waals surface area contributed by atoms with Crippen LogP contribution in [0.4, 0.5) is 0 Å². The summed E-state index contributed by atoms with van der Waals surface area (Å²) in [7, 11) is 0. The summed E-state index contributed by atoms with van der Waals surface area (Å²) in [5, 5.41) is 1.74. The Bertz CT molecular complexity index is 333. The van der Waals surface area contributed by atoms with Crippen molar-refractivity contribution in [1.29, 1.82) is 0 Å². The van der Waals surface area contributed by atoms with E-state index in [0.717, 1.165) is 17.7 Å². The van der Waals surface area contributed by atoms with Crippen LogP contribution in [0.25, 0.3) is 0 Å². The summed E-state index contributed by atoms with van der Waals surface area (Å²) in [6, 6.07) is 4.05. The highest BCUT2D eigenvalue weighted by molar-refractivity contribution is 5.19. The molecule has 0 spiro atoms. The van der Waals surface area contributed by atoms with Gasteiger partial charge in [-0.05, 0) is 25.0 Å². The summed E-state index contributed by atoms with van der Waals surface area (Å²) in [6.45, 7) is 9.32. The minimum absolute atomic E-state index is 0.677. The molecule has 0 bridgehead atoms. The second kappa shape index (κ2) is 5.63. The number of rotatable bonds is 5. The predicted octanol–water partition coefficient (Wildman–Crippen LogP) is 1.90. The van der Waals surface area contributed by atoms with Gasteiger partial charge in [-0.2, -0.15) is 0 Å². The van der Waals surface area contributed by atoms with E-state index in [0.29, 0.717) is 13.1 Å². The number of aryl methyl sites for hydroxylation is 1. The molecule has 0 saturated heterocycles. The average Bonchev–Trinajstić information content (AvgIpc) is 2.17. The Hall–Kier alpha value is -1.19. The van der Waals surface area contributed by atoms with Gasteiger partial charge in [0.2, 0.25) is 0 Å². The van der Waals surface area contributed by atoms with Crippen LogP contribution >= 0.6 is 0 Å². The van der Waals surface area contributed by atoms with Gasteiger partial charge in [-0.15, -0.1) is 0 Å². The fourth-order valence-electron chi connectivity index (χ4n) is 1.53. The molecule has 0 saturated carbocycles. The molecule has 0 aromatic carbocycles. The van der Waals surface area contributed by atoms with Crippen molar-refractivity contribution in [3.63, 3.8) is 0 Å². The van der Waals surface area contributed by atoms with E-state index < -0.39 is 0 Å². The molecule has 0 atom stereocenters. The maximum atomic E-state index is 5.86. The Labute approximate surface area is 91.6 Å². The molecule has 0 amide bonds. The van der Waals surface area contributed by atoms with Crippen LogP contribution in [0, 0.1) is 0 Å². The molecule has 15 heavy (non-hydrogen) atoms. The fourth-order valence-corrected chi connectivity index (χ4v) is 1.53. The monoisotopic (exact) mass is 205 g/mol. The summed E-state index contributed by atoms with van der Waals surface area (Å²) in [5.74, 6) is 5.86. The van der Waals surface area contributed by atoms with Crippen molar-refractivity contribution in [2.75, 3.05) is 6.54 Å². The van der Waals surface area contributed by atoms with E-state index in [1.54, 1.807) is 5.01 Å². The minimum atomic E-state index is 0.677. The molecule has 0 aliphatic carbocycles. The van der Waals surface area contributed by atoms with Gasteiger partial charge in [-0.25, -0.2) is 5.01 Å². The third kappa shape index (κ3) is 3.81. The van der Waals surface area contributed by atoms with E-state index in [1.807, 2.05) is 19.2 Å². The third-order valence-corrected chi connectivity index (χ3v) is 2.19. The molecule has 82 valence electrons. The molecule has 0 unspecified atom stereocenters.